The molecule has 4 heteroatoms. The molecule has 4 nitrogen and oxygen atoms in total. The normalized spacial score (nSPS) is 20.5. The number of nitrogens with zero attached hydrogens (tertiary/aromatic N) is 2. The number of carbonyl (C=O) groups is 2. The van der Waals surface area contributed by atoms with Gasteiger partial charge in [0.2, 0.25) is 5.91 Å². The first-order valence-corrected chi connectivity index (χ1v) is 11.7. The van der Waals surface area contributed by atoms with Gasteiger partial charge in [0.25, 0.3) is 0 Å². The molecule has 2 aliphatic rings. The zero-order valence-corrected chi connectivity index (χ0v) is 18.7. The van der Waals surface area contributed by atoms with Gasteiger partial charge in [0.1, 0.15) is 0 Å². The molecule has 2 heterocycles. The third kappa shape index (κ3) is 3.52. The van der Waals surface area contributed by atoms with E-state index >= 15 is 0 Å². The monoisotopic (exact) mass is 444 g/mol. The van der Waals surface area contributed by atoms with Crippen LogP contribution in [0.4, 0.5) is 5.69 Å². The number of anilines is 1. The number of pyridine rings is 1. The first-order chi connectivity index (χ1) is 16.7. The Morgan fingerprint density at radius 2 is 1.44 bits per heavy atom. The molecule has 1 aliphatic heterocycles. The van der Waals surface area contributed by atoms with Gasteiger partial charge in [-0.25, -0.2) is 0 Å². The van der Waals surface area contributed by atoms with Gasteiger partial charge in [-0.15, -0.1) is 0 Å². The molecular weight excluding hydrogens is 420 g/mol. The summed E-state index contributed by atoms with van der Waals surface area (Å²) in [6.07, 6.45) is 4.86. The Bertz CT molecular complexity index is 1430. The first-order valence-electron chi connectivity index (χ1n) is 11.7. The molecule has 34 heavy (non-hydrogen) atoms. The van der Waals surface area contributed by atoms with Gasteiger partial charge in [0, 0.05) is 48.1 Å². The third-order valence-corrected chi connectivity index (χ3v) is 7.10. The van der Waals surface area contributed by atoms with Crippen LogP contribution >= 0.6 is 0 Å². The van der Waals surface area contributed by atoms with Crippen LogP contribution in [-0.2, 0) is 9.59 Å². The van der Waals surface area contributed by atoms with Crippen molar-refractivity contribution in [1.82, 2.24) is 4.98 Å². The number of hydrogen-bond donors (Lipinski definition) is 0. The maximum absolute atomic E-state index is 13.7. The maximum Gasteiger partial charge on any atom is 0.232 e. The van der Waals surface area contributed by atoms with Crippen molar-refractivity contribution in [3.05, 3.63) is 120 Å². The van der Waals surface area contributed by atoms with Gasteiger partial charge in [-0.05, 0) is 58.5 Å². The number of Topliss-reactive ketones (excluding diaryl/α,β-unsaturated/α-hetero) is 1. The molecule has 0 fully saturated rings. The van der Waals surface area contributed by atoms with Crippen molar-refractivity contribution in [2.45, 2.75) is 31.1 Å². The molecule has 0 radical (unpaired) electrons. The van der Waals surface area contributed by atoms with Crippen molar-refractivity contribution in [3.63, 3.8) is 0 Å². The second-order valence-corrected chi connectivity index (χ2v) is 9.10. The molecular formula is C30H24N2O2. The summed E-state index contributed by atoms with van der Waals surface area (Å²) in [4.78, 5) is 33.3. The molecule has 2 atom stereocenters. The molecule has 0 bridgehead atoms. The van der Waals surface area contributed by atoms with Crippen molar-refractivity contribution < 1.29 is 9.59 Å². The summed E-state index contributed by atoms with van der Waals surface area (Å²) in [5.41, 5.74) is 4.57. The molecule has 0 saturated heterocycles. The average Bonchev–Trinajstić information content (AvgIpc) is 2.89. The second-order valence-electron chi connectivity index (χ2n) is 9.10. The van der Waals surface area contributed by atoms with E-state index in [-0.39, 0.29) is 29.9 Å². The standard InChI is InChI=1S/C30H24N2O2/c33-28-18-24(20-6-2-1-3-7-20)17-27-30(28)26(22-12-14-31-15-13-22)19-29(34)32(27)25-11-10-21-8-4-5-9-23(21)16-25/h1-16,24,26H,17-19H2. The van der Waals surface area contributed by atoms with Gasteiger partial charge in [-0.1, -0.05) is 60.7 Å². The molecule has 1 amide bonds. The molecule has 4 aromatic rings. The van der Waals surface area contributed by atoms with E-state index in [0.717, 1.165) is 38.9 Å². The van der Waals surface area contributed by atoms with E-state index in [1.54, 1.807) is 12.4 Å². The Balaban J connectivity index is 1.51. The highest BCUT2D eigenvalue weighted by atomic mass is 16.2. The summed E-state index contributed by atoms with van der Waals surface area (Å²) in [6, 6.07) is 28.2. The number of allylic oxidation sites excluding steroid dienone is 2. The number of fused-ring (bicyclic) bond motifs is 1. The highest BCUT2D eigenvalue weighted by Gasteiger charge is 2.42. The number of rotatable bonds is 3. The highest BCUT2D eigenvalue weighted by Crippen LogP contribution is 2.47. The predicted octanol–water partition coefficient (Wildman–Crippen LogP) is 6.16. The van der Waals surface area contributed by atoms with Crippen molar-refractivity contribution in [2.75, 3.05) is 4.90 Å². The fourth-order valence-electron chi connectivity index (χ4n) is 5.49. The van der Waals surface area contributed by atoms with Crippen molar-refractivity contribution in [3.8, 4) is 0 Å². The van der Waals surface area contributed by atoms with Crippen molar-refractivity contribution >= 4 is 28.2 Å². The Morgan fingerprint density at radius 3 is 2.24 bits per heavy atom. The van der Waals surface area contributed by atoms with Gasteiger partial charge >= 0.3 is 0 Å². The van der Waals surface area contributed by atoms with Crippen LogP contribution in [0.2, 0.25) is 0 Å². The molecule has 0 N–H and O–H groups in total. The topological polar surface area (TPSA) is 50.3 Å². The summed E-state index contributed by atoms with van der Waals surface area (Å²) in [5, 5.41) is 2.20. The second kappa shape index (κ2) is 8.38. The van der Waals surface area contributed by atoms with Gasteiger partial charge < -0.3 is 0 Å². The minimum absolute atomic E-state index is 0.0253. The summed E-state index contributed by atoms with van der Waals surface area (Å²) in [7, 11) is 0. The van der Waals surface area contributed by atoms with E-state index in [4.69, 9.17) is 0 Å². The van der Waals surface area contributed by atoms with Crippen LogP contribution in [0.25, 0.3) is 10.8 Å². The van der Waals surface area contributed by atoms with Crippen molar-refractivity contribution in [1.29, 1.82) is 0 Å². The van der Waals surface area contributed by atoms with E-state index in [1.807, 2.05) is 59.5 Å². The minimum Gasteiger partial charge on any atom is -0.294 e. The lowest BCUT2D eigenvalue weighted by Gasteiger charge is -2.40. The molecule has 2 unspecified atom stereocenters. The third-order valence-electron chi connectivity index (χ3n) is 7.10. The lowest BCUT2D eigenvalue weighted by atomic mass is 9.73. The number of benzene rings is 3. The Hall–Kier alpha value is -4.05. The quantitative estimate of drug-likeness (QED) is 0.380. The predicted molar refractivity (Wildman–Crippen MR) is 133 cm³/mol. The Kier molecular flexibility index (Phi) is 5.06. The fourth-order valence-corrected chi connectivity index (χ4v) is 5.49. The van der Waals surface area contributed by atoms with Crippen LogP contribution in [0, 0.1) is 0 Å². The van der Waals surface area contributed by atoms with E-state index in [9.17, 15) is 9.59 Å². The number of hydrogen-bond acceptors (Lipinski definition) is 3. The molecule has 6 rings (SSSR count). The first kappa shape index (κ1) is 20.5. The maximum atomic E-state index is 13.7. The Labute approximate surface area is 198 Å². The van der Waals surface area contributed by atoms with Crippen molar-refractivity contribution in [2.24, 2.45) is 0 Å². The van der Waals surface area contributed by atoms with Gasteiger partial charge in [0.05, 0.1) is 0 Å². The van der Waals surface area contributed by atoms with Gasteiger partial charge in [-0.2, -0.15) is 0 Å². The molecule has 0 spiro atoms. The van der Waals surface area contributed by atoms with Crippen LogP contribution in [0.3, 0.4) is 0 Å². The number of amides is 1. The van der Waals surface area contributed by atoms with Crippen LogP contribution in [0.1, 0.15) is 42.2 Å². The lowest BCUT2D eigenvalue weighted by molar-refractivity contribution is -0.120. The summed E-state index contributed by atoms with van der Waals surface area (Å²) in [5.74, 6) is -0.0154. The van der Waals surface area contributed by atoms with Crippen LogP contribution in [0.5, 0.6) is 0 Å². The van der Waals surface area contributed by atoms with Gasteiger partial charge in [-0.3, -0.25) is 19.5 Å². The molecule has 0 saturated carbocycles. The minimum atomic E-state index is -0.230. The fraction of sp³-hybridized carbons (Fsp3) is 0.167. The van der Waals surface area contributed by atoms with E-state index in [1.165, 1.54) is 0 Å². The summed E-state index contributed by atoms with van der Waals surface area (Å²) < 4.78 is 0. The molecule has 1 aliphatic carbocycles. The Morgan fingerprint density at radius 1 is 0.706 bits per heavy atom. The average molecular weight is 445 g/mol. The van der Waals surface area contributed by atoms with E-state index < -0.39 is 0 Å². The summed E-state index contributed by atoms with van der Waals surface area (Å²) >= 11 is 0. The number of carbonyl (C=O) groups excluding carboxylic acids is 2. The molecule has 3 aromatic carbocycles. The van der Waals surface area contributed by atoms with Gasteiger partial charge in [0.15, 0.2) is 5.78 Å². The SMILES string of the molecule is O=C1CC(c2ccccc2)CC2=C1C(c1ccncc1)CC(=O)N2c1ccc2ccccc2c1. The highest BCUT2D eigenvalue weighted by molar-refractivity contribution is 6.08. The number of aromatic nitrogens is 1. The van der Waals surface area contributed by atoms with E-state index in [0.29, 0.717) is 12.8 Å². The zero-order valence-electron chi connectivity index (χ0n) is 18.7. The smallest absolute Gasteiger partial charge is 0.232 e. The van der Waals surface area contributed by atoms with Crippen LogP contribution in [0.15, 0.2) is 109 Å². The zero-order chi connectivity index (χ0) is 23.1. The molecule has 1 aromatic heterocycles. The number of ketones is 1. The lowest BCUT2D eigenvalue weighted by Crippen LogP contribution is -2.41. The van der Waals surface area contributed by atoms with E-state index in [2.05, 4.69) is 35.3 Å². The summed E-state index contributed by atoms with van der Waals surface area (Å²) in [6.45, 7) is 0. The largest absolute Gasteiger partial charge is 0.294 e. The van der Waals surface area contributed by atoms with Crippen LogP contribution in [-0.4, -0.2) is 16.7 Å². The molecule has 166 valence electrons. The van der Waals surface area contributed by atoms with Crippen LogP contribution < -0.4 is 4.90 Å².